The maximum atomic E-state index is 13.5. The van der Waals surface area contributed by atoms with Gasteiger partial charge in [-0.3, -0.25) is 0 Å². The molecule has 3 heterocycles. The molecule has 320 valence electrons. The average molecular weight is 877 g/mol. The zero-order valence-electron chi connectivity index (χ0n) is 34.8. The average Bonchev–Trinajstić information content (AvgIpc) is 3.83. The molecular weight excluding hydrogens is 835 g/mol. The molecule has 0 N–H and O–H groups in total. The fourth-order valence-corrected chi connectivity index (χ4v) is 6.75. The molecule has 0 aliphatic heterocycles. The predicted octanol–water partition coefficient (Wildman–Crippen LogP) is 4.57. The first kappa shape index (κ1) is 46.5. The summed E-state index contributed by atoms with van der Waals surface area (Å²) in [5.41, 5.74) is 0.731. The van der Waals surface area contributed by atoms with Gasteiger partial charge in [0.1, 0.15) is 52.4 Å². The summed E-state index contributed by atoms with van der Waals surface area (Å²) in [6.45, 7) is 9.34. The predicted molar refractivity (Wildman–Crippen MR) is 209 cm³/mol. The van der Waals surface area contributed by atoms with Crippen LogP contribution in [0.5, 0.6) is 34.5 Å². The smallest absolute Gasteiger partial charge is 0.716 e. The number of aryl methyl sites for hydroxylation is 1. The number of rotatable bonds is 18. The van der Waals surface area contributed by atoms with Gasteiger partial charge in [0, 0.05) is 34.4 Å². The van der Waals surface area contributed by atoms with E-state index in [-0.39, 0.29) is 135 Å². The zero-order chi connectivity index (χ0) is 43.5. The summed E-state index contributed by atoms with van der Waals surface area (Å²) in [5.74, 6) is -1.68. The molecule has 0 radical (unpaired) electrons. The van der Waals surface area contributed by atoms with Crippen LogP contribution in [0.3, 0.4) is 0 Å². The second-order valence-corrected chi connectivity index (χ2v) is 14.0. The summed E-state index contributed by atoms with van der Waals surface area (Å²) < 4.78 is 102. The molecule has 3 aromatic carbocycles. The summed E-state index contributed by atoms with van der Waals surface area (Å²) in [5, 5.41) is 0.725. The standard InChI is InChI=1S/C41H42O18S.Na/c1-9-50-39(42)36-21(6)56-25-15-28(48-7)30(12-22(25)36)53-18-34-37(40(43)51-10-2)23-13-31(29(49-8)16-26(23)57-34)54-19-35-38(41(44)52-11-3)24-14-33(59-60(45,46)47)32(55-20(4)5)17-27(24)58-35;/h12-17,20H,9-11,18-19H2,1-8H3,(H,45,46,47);/q;+1/p-1. The van der Waals surface area contributed by atoms with Crippen molar-refractivity contribution in [3.63, 3.8) is 0 Å². The number of hydrogen-bond donors (Lipinski definition) is 0. The summed E-state index contributed by atoms with van der Waals surface area (Å²) in [6.07, 6.45) is -0.469. The third kappa shape index (κ3) is 9.97. The van der Waals surface area contributed by atoms with E-state index >= 15 is 0 Å². The van der Waals surface area contributed by atoms with Crippen LogP contribution in [0.15, 0.2) is 49.6 Å². The molecule has 3 aromatic heterocycles. The molecule has 18 nitrogen and oxygen atoms in total. The molecule has 0 fully saturated rings. The molecule has 6 rings (SSSR count). The van der Waals surface area contributed by atoms with Crippen molar-refractivity contribution in [2.24, 2.45) is 0 Å². The van der Waals surface area contributed by atoms with Crippen LogP contribution in [0.4, 0.5) is 0 Å². The van der Waals surface area contributed by atoms with E-state index in [2.05, 4.69) is 4.18 Å². The molecule has 0 spiro atoms. The SMILES string of the molecule is CCOC(=O)c1c(C)oc2cc(OC)c(OCc3oc4cc(OC)c(OCc5oc6cc(OC(C)C)c(OS(=O)(=O)[O-])cc6c5C(=O)OCC)cc4c3C(=O)OCC)cc12.[Na+]. The van der Waals surface area contributed by atoms with Crippen molar-refractivity contribution in [1.82, 2.24) is 0 Å². The number of fused-ring (bicyclic) bond motifs is 3. The maximum Gasteiger partial charge on any atom is 1.00 e. The molecule has 0 saturated carbocycles. The van der Waals surface area contributed by atoms with Gasteiger partial charge in [0.15, 0.2) is 46.0 Å². The van der Waals surface area contributed by atoms with Crippen LogP contribution in [0.1, 0.15) is 83.0 Å². The molecule has 0 bridgehead atoms. The molecule has 6 aromatic rings. The summed E-state index contributed by atoms with van der Waals surface area (Å²) in [7, 11) is -2.44. The molecule has 0 aliphatic carbocycles. The van der Waals surface area contributed by atoms with E-state index in [9.17, 15) is 27.4 Å². The Morgan fingerprint density at radius 2 is 1.00 bits per heavy atom. The van der Waals surface area contributed by atoms with Crippen LogP contribution in [0.2, 0.25) is 0 Å². The van der Waals surface area contributed by atoms with Gasteiger partial charge in [-0.05, 0) is 59.7 Å². The van der Waals surface area contributed by atoms with E-state index in [4.69, 9.17) is 51.1 Å². The second kappa shape index (κ2) is 19.4. The fraction of sp³-hybridized carbons (Fsp3) is 0.341. The molecule has 20 heteroatoms. The van der Waals surface area contributed by atoms with Gasteiger partial charge in [0.2, 0.25) is 0 Å². The molecule has 0 unspecified atom stereocenters. The van der Waals surface area contributed by atoms with Gasteiger partial charge in [-0.15, -0.1) is 0 Å². The van der Waals surface area contributed by atoms with Crippen molar-refractivity contribution in [2.45, 2.75) is 60.9 Å². The van der Waals surface area contributed by atoms with Gasteiger partial charge >= 0.3 is 47.5 Å². The van der Waals surface area contributed by atoms with Crippen LogP contribution >= 0.6 is 0 Å². The Hall–Kier alpha value is -5.60. The summed E-state index contributed by atoms with van der Waals surface area (Å²) in [6, 6.07) is 8.50. The van der Waals surface area contributed by atoms with Crippen molar-refractivity contribution in [1.29, 1.82) is 0 Å². The molecule has 0 saturated heterocycles. The van der Waals surface area contributed by atoms with Crippen molar-refractivity contribution < 1.29 is 112 Å². The van der Waals surface area contributed by atoms with E-state index < -0.39 is 46.8 Å². The van der Waals surface area contributed by atoms with Crippen LogP contribution in [0, 0.1) is 6.92 Å². The maximum absolute atomic E-state index is 13.5. The van der Waals surface area contributed by atoms with Crippen molar-refractivity contribution in [3.8, 4) is 34.5 Å². The molecule has 61 heavy (non-hydrogen) atoms. The Balaban J connectivity index is 0.00000704. The fourth-order valence-electron chi connectivity index (χ4n) is 6.40. The first-order valence-electron chi connectivity index (χ1n) is 18.5. The number of esters is 3. The Morgan fingerprint density at radius 1 is 0.607 bits per heavy atom. The minimum atomic E-state index is -5.25. The van der Waals surface area contributed by atoms with E-state index in [0.29, 0.717) is 16.7 Å². The summed E-state index contributed by atoms with van der Waals surface area (Å²) >= 11 is 0. The van der Waals surface area contributed by atoms with E-state index in [1.54, 1.807) is 53.7 Å². The molecule has 0 amide bonds. The van der Waals surface area contributed by atoms with E-state index in [1.807, 2.05) is 0 Å². The first-order valence-corrected chi connectivity index (χ1v) is 19.9. The molecular formula is C41H41NaO18S. The monoisotopic (exact) mass is 876 g/mol. The van der Waals surface area contributed by atoms with Gasteiger partial charge < -0.3 is 59.9 Å². The van der Waals surface area contributed by atoms with Gasteiger partial charge in [-0.1, -0.05) is 0 Å². The third-order valence-electron chi connectivity index (χ3n) is 8.74. The molecule has 0 atom stereocenters. The van der Waals surface area contributed by atoms with Crippen molar-refractivity contribution >= 4 is 61.2 Å². The number of benzene rings is 3. The number of methoxy groups -OCH3 is 2. The number of carbonyl (C=O) groups is 3. The Bertz CT molecular complexity index is 2710. The summed E-state index contributed by atoms with van der Waals surface area (Å²) in [4.78, 5) is 39.6. The van der Waals surface area contributed by atoms with Crippen molar-refractivity contribution in [2.75, 3.05) is 34.0 Å². The normalized spacial score (nSPS) is 11.4. The molecule has 0 aliphatic rings. The topological polar surface area (TPSA) is 231 Å². The Morgan fingerprint density at radius 3 is 1.41 bits per heavy atom. The van der Waals surface area contributed by atoms with E-state index in [1.165, 1.54) is 32.4 Å². The number of ether oxygens (including phenoxy) is 8. The number of carbonyl (C=O) groups excluding carboxylic acids is 3. The Labute approximate surface area is 371 Å². The van der Waals surface area contributed by atoms with Gasteiger partial charge in [0.05, 0.1) is 40.1 Å². The second-order valence-electron chi connectivity index (χ2n) is 13.0. The minimum absolute atomic E-state index is 0. The Kier molecular flexibility index (Phi) is 14.8. The number of furan rings is 3. The third-order valence-corrected chi connectivity index (χ3v) is 9.12. The largest absolute Gasteiger partial charge is 1.00 e. The van der Waals surface area contributed by atoms with Crippen LogP contribution < -0.4 is 57.4 Å². The minimum Gasteiger partial charge on any atom is -0.716 e. The number of hydrogen-bond acceptors (Lipinski definition) is 18. The van der Waals surface area contributed by atoms with Crippen LogP contribution in [-0.4, -0.2) is 71.0 Å². The quantitative estimate of drug-likeness (QED) is 0.0378. The van der Waals surface area contributed by atoms with Gasteiger partial charge in [-0.2, -0.15) is 0 Å². The first-order chi connectivity index (χ1) is 28.6. The zero-order valence-corrected chi connectivity index (χ0v) is 37.7. The van der Waals surface area contributed by atoms with Crippen LogP contribution in [0.25, 0.3) is 32.9 Å². The van der Waals surface area contributed by atoms with Gasteiger partial charge in [0.25, 0.3) is 10.4 Å². The van der Waals surface area contributed by atoms with Crippen LogP contribution in [-0.2, 0) is 37.8 Å². The van der Waals surface area contributed by atoms with Crippen molar-refractivity contribution in [3.05, 3.63) is 70.4 Å². The van der Waals surface area contributed by atoms with Gasteiger partial charge in [-0.25, -0.2) is 22.8 Å². The van der Waals surface area contributed by atoms with E-state index in [0.717, 1.165) is 6.07 Å².